The van der Waals surface area contributed by atoms with Gasteiger partial charge in [0.1, 0.15) is 12.1 Å². The van der Waals surface area contributed by atoms with Gasteiger partial charge in [0.2, 0.25) is 0 Å². The maximum Gasteiger partial charge on any atom is 0.132 e. The van der Waals surface area contributed by atoms with Crippen molar-refractivity contribution >= 4 is 5.82 Å². The normalized spacial score (nSPS) is 19.6. The van der Waals surface area contributed by atoms with Crippen molar-refractivity contribution in [2.24, 2.45) is 7.05 Å². The molecule has 1 saturated carbocycles. The number of hydrogen-bond acceptors (Lipinski definition) is 6. The van der Waals surface area contributed by atoms with E-state index >= 15 is 0 Å². The molecule has 0 N–H and O–H groups in total. The van der Waals surface area contributed by atoms with Crippen LogP contribution in [0.5, 0.6) is 0 Å². The zero-order valence-corrected chi connectivity index (χ0v) is 14.5. The Kier molecular flexibility index (Phi) is 4.18. The molecule has 0 radical (unpaired) electrons. The van der Waals surface area contributed by atoms with Crippen LogP contribution >= 0.6 is 0 Å². The highest BCUT2D eigenvalue weighted by atomic mass is 15.5. The quantitative estimate of drug-likeness (QED) is 0.830. The number of rotatable bonds is 5. The molecule has 1 saturated heterocycles. The number of anilines is 1. The molecule has 3 heterocycles. The van der Waals surface area contributed by atoms with E-state index < -0.39 is 0 Å². The summed E-state index contributed by atoms with van der Waals surface area (Å²) in [5.74, 6) is 1.11. The smallest absolute Gasteiger partial charge is 0.132 e. The molecular formula is C17H25N7. The minimum atomic E-state index is 0.588. The second kappa shape index (κ2) is 6.47. The molecule has 0 amide bonds. The summed E-state index contributed by atoms with van der Waals surface area (Å²) in [6.45, 7) is 5.15. The molecule has 0 atom stereocenters. The van der Waals surface area contributed by atoms with Crippen LogP contribution < -0.4 is 4.90 Å². The SMILES string of the molecule is Cc1cc(N(C2CC2)C2CCN(Cc3cnn(C)n3)CC2)ncn1. The first-order valence-electron chi connectivity index (χ1n) is 8.83. The standard InChI is InChI=1S/C17H25N7/c1-13-9-17(19-12-18-13)24(15-3-4-15)16-5-7-23(8-6-16)11-14-10-20-22(2)21-14/h9-10,12,15-16H,3-8,11H2,1-2H3. The third-order valence-electron chi connectivity index (χ3n) is 4.98. The van der Waals surface area contributed by atoms with Gasteiger partial charge in [-0.1, -0.05) is 0 Å². The topological polar surface area (TPSA) is 63.0 Å². The highest BCUT2D eigenvalue weighted by Gasteiger charge is 2.36. The van der Waals surface area contributed by atoms with Crippen LogP contribution in [0.15, 0.2) is 18.6 Å². The van der Waals surface area contributed by atoms with E-state index in [0.29, 0.717) is 12.1 Å². The monoisotopic (exact) mass is 327 g/mol. The maximum absolute atomic E-state index is 4.55. The van der Waals surface area contributed by atoms with Gasteiger partial charge in [0.15, 0.2) is 0 Å². The molecule has 2 aromatic heterocycles. The van der Waals surface area contributed by atoms with Gasteiger partial charge in [0.25, 0.3) is 0 Å². The number of likely N-dealkylation sites (tertiary alicyclic amines) is 1. The Morgan fingerprint density at radius 3 is 2.50 bits per heavy atom. The van der Waals surface area contributed by atoms with Crippen LogP contribution in [0.2, 0.25) is 0 Å². The summed E-state index contributed by atoms with van der Waals surface area (Å²) >= 11 is 0. The molecule has 7 heteroatoms. The summed E-state index contributed by atoms with van der Waals surface area (Å²) < 4.78 is 0. The van der Waals surface area contributed by atoms with Crippen molar-refractivity contribution < 1.29 is 0 Å². The van der Waals surface area contributed by atoms with Crippen LogP contribution in [0.25, 0.3) is 0 Å². The molecule has 2 fully saturated rings. The average Bonchev–Trinajstić information content (AvgIpc) is 3.32. The van der Waals surface area contributed by atoms with Gasteiger partial charge in [0, 0.05) is 50.5 Å². The minimum Gasteiger partial charge on any atom is -0.350 e. The average molecular weight is 327 g/mol. The van der Waals surface area contributed by atoms with Gasteiger partial charge in [-0.05, 0) is 32.6 Å². The molecule has 24 heavy (non-hydrogen) atoms. The van der Waals surface area contributed by atoms with E-state index in [2.05, 4.69) is 36.0 Å². The van der Waals surface area contributed by atoms with Crippen molar-refractivity contribution in [1.29, 1.82) is 0 Å². The van der Waals surface area contributed by atoms with Crippen LogP contribution in [0, 0.1) is 6.92 Å². The van der Waals surface area contributed by atoms with Gasteiger partial charge in [-0.2, -0.15) is 15.0 Å². The van der Waals surface area contributed by atoms with Crippen molar-refractivity contribution in [3.63, 3.8) is 0 Å². The lowest BCUT2D eigenvalue weighted by atomic mass is 10.0. The first-order valence-corrected chi connectivity index (χ1v) is 8.83. The van der Waals surface area contributed by atoms with E-state index in [1.165, 1.54) is 25.7 Å². The second-order valence-electron chi connectivity index (χ2n) is 6.99. The number of hydrogen-bond donors (Lipinski definition) is 0. The Hall–Kier alpha value is -2.02. The van der Waals surface area contributed by atoms with Gasteiger partial charge >= 0.3 is 0 Å². The summed E-state index contributed by atoms with van der Waals surface area (Å²) in [6.07, 6.45) is 8.51. The highest BCUT2D eigenvalue weighted by Crippen LogP contribution is 2.35. The summed E-state index contributed by atoms with van der Waals surface area (Å²) in [5.41, 5.74) is 2.10. The lowest BCUT2D eigenvalue weighted by molar-refractivity contribution is 0.198. The van der Waals surface area contributed by atoms with E-state index in [4.69, 9.17) is 0 Å². The lowest BCUT2D eigenvalue weighted by Crippen LogP contribution is -2.46. The number of piperidine rings is 1. The Morgan fingerprint density at radius 1 is 1.12 bits per heavy atom. The number of aromatic nitrogens is 5. The molecule has 1 aliphatic carbocycles. The minimum absolute atomic E-state index is 0.588. The van der Waals surface area contributed by atoms with E-state index in [0.717, 1.165) is 36.8 Å². The van der Waals surface area contributed by atoms with Gasteiger partial charge < -0.3 is 4.90 Å². The molecule has 1 aliphatic heterocycles. The van der Waals surface area contributed by atoms with Crippen molar-refractivity contribution in [1.82, 2.24) is 29.9 Å². The highest BCUT2D eigenvalue weighted by molar-refractivity contribution is 5.43. The predicted molar refractivity (Wildman–Crippen MR) is 91.6 cm³/mol. The van der Waals surface area contributed by atoms with E-state index in [1.807, 2.05) is 20.2 Å². The van der Waals surface area contributed by atoms with E-state index in [9.17, 15) is 0 Å². The first kappa shape index (κ1) is 15.5. The van der Waals surface area contributed by atoms with Gasteiger partial charge in [-0.25, -0.2) is 9.97 Å². The molecule has 4 rings (SSSR count). The number of aryl methyl sites for hydroxylation is 2. The third kappa shape index (κ3) is 3.40. The molecule has 0 spiro atoms. The second-order valence-corrected chi connectivity index (χ2v) is 6.99. The van der Waals surface area contributed by atoms with Crippen LogP contribution in [0.1, 0.15) is 37.1 Å². The van der Waals surface area contributed by atoms with Gasteiger partial charge in [-0.15, -0.1) is 0 Å². The largest absolute Gasteiger partial charge is 0.350 e. The molecule has 0 bridgehead atoms. The molecule has 0 unspecified atom stereocenters. The fourth-order valence-electron chi connectivity index (χ4n) is 3.65. The zero-order valence-electron chi connectivity index (χ0n) is 14.5. The molecule has 2 aliphatic rings. The number of nitrogens with zero attached hydrogens (tertiary/aromatic N) is 7. The predicted octanol–water partition coefficient (Wildman–Crippen LogP) is 1.55. The van der Waals surface area contributed by atoms with Crippen molar-refractivity contribution in [3.05, 3.63) is 30.0 Å². The molecule has 7 nitrogen and oxygen atoms in total. The van der Waals surface area contributed by atoms with Crippen molar-refractivity contribution in [2.45, 2.75) is 51.2 Å². The third-order valence-corrected chi connectivity index (χ3v) is 4.98. The Balaban J connectivity index is 1.40. The Bertz CT molecular complexity index is 686. The van der Waals surface area contributed by atoms with Gasteiger partial charge in [-0.3, -0.25) is 4.90 Å². The Labute approximate surface area is 142 Å². The zero-order chi connectivity index (χ0) is 16.5. The molecule has 128 valence electrons. The van der Waals surface area contributed by atoms with Gasteiger partial charge in [0.05, 0.1) is 11.9 Å². The molecule has 0 aromatic carbocycles. The molecular weight excluding hydrogens is 302 g/mol. The summed E-state index contributed by atoms with van der Waals surface area (Å²) in [5, 5.41) is 8.55. The van der Waals surface area contributed by atoms with Crippen LogP contribution in [-0.4, -0.2) is 55.0 Å². The molecule has 2 aromatic rings. The van der Waals surface area contributed by atoms with Crippen molar-refractivity contribution in [3.8, 4) is 0 Å². The fourth-order valence-corrected chi connectivity index (χ4v) is 3.65. The summed E-state index contributed by atoms with van der Waals surface area (Å²) in [4.78, 5) is 15.5. The van der Waals surface area contributed by atoms with Crippen LogP contribution in [0.4, 0.5) is 5.82 Å². The van der Waals surface area contributed by atoms with Crippen LogP contribution in [-0.2, 0) is 13.6 Å². The summed E-state index contributed by atoms with van der Waals surface area (Å²) in [7, 11) is 1.87. The van der Waals surface area contributed by atoms with Crippen molar-refractivity contribution in [2.75, 3.05) is 18.0 Å². The lowest BCUT2D eigenvalue weighted by Gasteiger charge is -2.39. The summed E-state index contributed by atoms with van der Waals surface area (Å²) in [6, 6.07) is 3.39. The Morgan fingerprint density at radius 2 is 1.88 bits per heavy atom. The van der Waals surface area contributed by atoms with E-state index in [1.54, 1.807) is 11.1 Å². The fraction of sp³-hybridized carbons (Fsp3) is 0.647. The first-order chi connectivity index (χ1) is 11.7. The van der Waals surface area contributed by atoms with E-state index in [-0.39, 0.29) is 0 Å². The maximum atomic E-state index is 4.55. The van der Waals surface area contributed by atoms with Crippen LogP contribution in [0.3, 0.4) is 0 Å².